The van der Waals surface area contributed by atoms with Crippen LogP contribution in [-0.4, -0.2) is 18.5 Å². The number of nitrogens with one attached hydrogen (secondary N) is 1. The summed E-state index contributed by atoms with van der Waals surface area (Å²) in [6.07, 6.45) is -0.0418. The largest absolute Gasteiger partial charge is 0.457 e. The fourth-order valence-electron chi connectivity index (χ4n) is 2.94. The van der Waals surface area contributed by atoms with Crippen LogP contribution < -0.4 is 5.32 Å². The molecule has 1 unspecified atom stereocenters. The van der Waals surface area contributed by atoms with Crippen LogP contribution in [0.15, 0.2) is 72.5 Å². The number of allylic oxidation sites excluding steroid dienone is 3. The zero-order chi connectivity index (χ0) is 20.9. The molecule has 0 bridgehead atoms. The number of ether oxygens (including phenoxy) is 1. The van der Waals surface area contributed by atoms with Gasteiger partial charge in [-0.25, -0.2) is 4.79 Å². The van der Waals surface area contributed by atoms with Gasteiger partial charge in [0.2, 0.25) is 5.91 Å². The summed E-state index contributed by atoms with van der Waals surface area (Å²) in [6.45, 7) is 8.60. The number of alkyl halides is 3. The standard InChI is InChI=1S/C21H20F3NO3/c1-4-7-14(5-2)12-28-20(27)19-13(3)25-18(26)11-17(19)15-8-6-9-16(10-15)21(22,23)24/h4-10,17H,1-2,11-12H2,3H3,(H,25,26)/b14-7+. The van der Waals surface area contributed by atoms with Crippen molar-refractivity contribution in [3.8, 4) is 0 Å². The van der Waals surface area contributed by atoms with Crippen molar-refractivity contribution in [3.63, 3.8) is 0 Å². The summed E-state index contributed by atoms with van der Waals surface area (Å²) in [5.74, 6) is -1.93. The van der Waals surface area contributed by atoms with Crippen molar-refractivity contribution in [1.29, 1.82) is 0 Å². The molecule has 4 nitrogen and oxygen atoms in total. The summed E-state index contributed by atoms with van der Waals surface area (Å²) in [5.41, 5.74) is 0.375. The quantitative estimate of drug-likeness (QED) is 0.577. The third kappa shape index (κ3) is 5.00. The van der Waals surface area contributed by atoms with E-state index in [-0.39, 0.29) is 35.8 Å². The highest BCUT2D eigenvalue weighted by molar-refractivity contribution is 5.95. The summed E-state index contributed by atoms with van der Waals surface area (Å²) in [6, 6.07) is 4.62. The van der Waals surface area contributed by atoms with Gasteiger partial charge in [0.05, 0.1) is 11.1 Å². The minimum Gasteiger partial charge on any atom is -0.457 e. The molecular formula is C21H20F3NO3. The Labute approximate surface area is 161 Å². The first kappa shape index (κ1) is 21.2. The molecule has 1 aromatic rings. The molecule has 28 heavy (non-hydrogen) atoms. The second-order valence-electron chi connectivity index (χ2n) is 6.22. The topological polar surface area (TPSA) is 55.4 Å². The lowest BCUT2D eigenvalue weighted by molar-refractivity contribution is -0.139. The van der Waals surface area contributed by atoms with Crippen molar-refractivity contribution in [2.75, 3.05) is 6.61 Å². The lowest BCUT2D eigenvalue weighted by atomic mass is 9.84. The summed E-state index contributed by atoms with van der Waals surface area (Å²) in [5, 5.41) is 2.55. The molecule has 1 heterocycles. The summed E-state index contributed by atoms with van der Waals surface area (Å²) in [4.78, 5) is 24.6. The fourth-order valence-corrected chi connectivity index (χ4v) is 2.94. The van der Waals surface area contributed by atoms with Gasteiger partial charge in [0.15, 0.2) is 0 Å². The third-order valence-electron chi connectivity index (χ3n) is 4.27. The van der Waals surface area contributed by atoms with E-state index in [1.165, 1.54) is 31.2 Å². The molecule has 1 aliphatic heterocycles. The predicted molar refractivity (Wildman–Crippen MR) is 99.1 cm³/mol. The van der Waals surface area contributed by atoms with Crippen molar-refractivity contribution in [2.24, 2.45) is 0 Å². The lowest BCUT2D eigenvalue weighted by Crippen LogP contribution is -2.34. The molecule has 0 fully saturated rings. The molecule has 0 saturated heterocycles. The number of benzene rings is 1. The monoisotopic (exact) mass is 391 g/mol. The molecule has 7 heteroatoms. The summed E-state index contributed by atoms with van der Waals surface area (Å²) >= 11 is 0. The van der Waals surface area contributed by atoms with E-state index in [0.29, 0.717) is 5.57 Å². The number of carbonyl (C=O) groups is 2. The number of carbonyl (C=O) groups excluding carboxylic acids is 2. The minimum atomic E-state index is -4.53. The van der Waals surface area contributed by atoms with E-state index < -0.39 is 23.6 Å². The maximum atomic E-state index is 13.1. The Kier molecular flexibility index (Phi) is 6.62. The Morgan fingerprint density at radius 2 is 2.07 bits per heavy atom. The molecular weight excluding hydrogens is 371 g/mol. The van der Waals surface area contributed by atoms with Gasteiger partial charge in [0.25, 0.3) is 0 Å². The van der Waals surface area contributed by atoms with E-state index in [2.05, 4.69) is 18.5 Å². The first-order valence-electron chi connectivity index (χ1n) is 8.46. The van der Waals surface area contributed by atoms with Gasteiger partial charge < -0.3 is 10.1 Å². The molecule has 1 aliphatic rings. The zero-order valence-corrected chi connectivity index (χ0v) is 15.3. The highest BCUT2D eigenvalue weighted by atomic mass is 19.4. The Bertz CT molecular complexity index is 866. The second-order valence-corrected chi connectivity index (χ2v) is 6.22. The SMILES string of the molecule is C=C/C=C(\C=C)COC(=O)C1=C(C)NC(=O)CC1c1cccc(C(F)(F)F)c1. The van der Waals surface area contributed by atoms with Crippen molar-refractivity contribution in [2.45, 2.75) is 25.4 Å². The van der Waals surface area contributed by atoms with Crippen LogP contribution in [0.25, 0.3) is 0 Å². The summed E-state index contributed by atoms with van der Waals surface area (Å²) < 4.78 is 44.5. The van der Waals surface area contributed by atoms with Gasteiger partial charge in [-0.05, 0) is 24.1 Å². The molecule has 1 N–H and O–H groups in total. The van der Waals surface area contributed by atoms with E-state index in [4.69, 9.17) is 4.74 Å². The van der Waals surface area contributed by atoms with Gasteiger partial charge in [0, 0.05) is 18.0 Å². The van der Waals surface area contributed by atoms with Crippen molar-refractivity contribution in [3.05, 3.63) is 83.6 Å². The van der Waals surface area contributed by atoms with E-state index in [9.17, 15) is 22.8 Å². The number of rotatable bonds is 6. The molecule has 0 aliphatic carbocycles. The molecule has 1 atom stereocenters. The molecule has 0 radical (unpaired) electrons. The van der Waals surface area contributed by atoms with Crippen molar-refractivity contribution in [1.82, 2.24) is 5.32 Å². The van der Waals surface area contributed by atoms with Crippen molar-refractivity contribution >= 4 is 11.9 Å². The molecule has 148 valence electrons. The van der Waals surface area contributed by atoms with E-state index in [1.807, 2.05) is 0 Å². The predicted octanol–water partition coefficient (Wildman–Crippen LogP) is 4.42. The smallest absolute Gasteiger partial charge is 0.416 e. The number of hydrogen-bond acceptors (Lipinski definition) is 3. The zero-order valence-electron chi connectivity index (χ0n) is 15.3. The first-order chi connectivity index (χ1) is 13.2. The number of amides is 1. The van der Waals surface area contributed by atoms with Crippen molar-refractivity contribution < 1.29 is 27.5 Å². The average Bonchev–Trinajstić information content (AvgIpc) is 2.63. The molecule has 2 rings (SSSR count). The second kappa shape index (κ2) is 8.73. The van der Waals surface area contributed by atoms with Crippen LogP contribution in [0.2, 0.25) is 0 Å². The normalized spacial score (nSPS) is 17.8. The van der Waals surface area contributed by atoms with Crippen LogP contribution >= 0.6 is 0 Å². The third-order valence-corrected chi connectivity index (χ3v) is 4.27. The molecule has 0 saturated carbocycles. The van der Waals surface area contributed by atoms with Gasteiger partial charge in [-0.3, -0.25) is 4.79 Å². The average molecular weight is 391 g/mol. The van der Waals surface area contributed by atoms with Crippen LogP contribution in [-0.2, 0) is 20.5 Å². The Hall–Kier alpha value is -3.09. The maximum Gasteiger partial charge on any atom is 0.416 e. The van der Waals surface area contributed by atoms with Gasteiger partial charge in [-0.1, -0.05) is 49.6 Å². The minimum absolute atomic E-state index is 0.0750. The Morgan fingerprint density at radius 1 is 1.36 bits per heavy atom. The highest BCUT2D eigenvalue weighted by Gasteiger charge is 2.35. The number of esters is 1. The van der Waals surface area contributed by atoms with Crippen LogP contribution in [0.4, 0.5) is 13.2 Å². The summed E-state index contributed by atoms with van der Waals surface area (Å²) in [7, 11) is 0. The molecule has 1 amide bonds. The van der Waals surface area contributed by atoms with Gasteiger partial charge in [-0.15, -0.1) is 0 Å². The van der Waals surface area contributed by atoms with E-state index in [1.54, 1.807) is 6.08 Å². The van der Waals surface area contributed by atoms with Crippen LogP contribution in [0, 0.1) is 0 Å². The van der Waals surface area contributed by atoms with E-state index in [0.717, 1.165) is 12.1 Å². The highest BCUT2D eigenvalue weighted by Crippen LogP contribution is 2.37. The first-order valence-corrected chi connectivity index (χ1v) is 8.46. The number of hydrogen-bond donors (Lipinski definition) is 1. The molecule has 0 aromatic heterocycles. The molecule has 1 aromatic carbocycles. The van der Waals surface area contributed by atoms with Crippen LogP contribution in [0.3, 0.4) is 0 Å². The van der Waals surface area contributed by atoms with Crippen LogP contribution in [0.1, 0.15) is 30.4 Å². The maximum absolute atomic E-state index is 13.1. The van der Waals surface area contributed by atoms with Gasteiger partial charge in [0.1, 0.15) is 6.61 Å². The van der Waals surface area contributed by atoms with E-state index >= 15 is 0 Å². The molecule has 0 spiro atoms. The van der Waals surface area contributed by atoms with Gasteiger partial charge >= 0.3 is 12.1 Å². The Morgan fingerprint density at radius 3 is 2.68 bits per heavy atom. The number of halogens is 3. The lowest BCUT2D eigenvalue weighted by Gasteiger charge is -2.27. The Balaban J connectivity index is 2.37. The fraction of sp³-hybridized carbons (Fsp3) is 0.238. The van der Waals surface area contributed by atoms with Crippen LogP contribution in [0.5, 0.6) is 0 Å². The van der Waals surface area contributed by atoms with Gasteiger partial charge in [-0.2, -0.15) is 13.2 Å².